The molecular formula is C17H26N2O. The van der Waals surface area contributed by atoms with Gasteiger partial charge < -0.3 is 10.2 Å². The van der Waals surface area contributed by atoms with Crippen LogP contribution in [0.4, 0.5) is 0 Å². The molecule has 1 amide bonds. The van der Waals surface area contributed by atoms with Crippen molar-refractivity contribution in [3.05, 3.63) is 35.4 Å². The van der Waals surface area contributed by atoms with Gasteiger partial charge >= 0.3 is 0 Å². The van der Waals surface area contributed by atoms with Crippen molar-refractivity contribution in [2.75, 3.05) is 14.1 Å². The van der Waals surface area contributed by atoms with Crippen molar-refractivity contribution >= 4 is 5.91 Å². The third kappa shape index (κ3) is 4.34. The van der Waals surface area contributed by atoms with E-state index in [2.05, 4.69) is 23.2 Å². The van der Waals surface area contributed by atoms with Crippen LogP contribution < -0.4 is 5.32 Å². The van der Waals surface area contributed by atoms with Crippen LogP contribution in [0.5, 0.6) is 0 Å². The van der Waals surface area contributed by atoms with Crippen LogP contribution in [0.1, 0.15) is 48.5 Å². The van der Waals surface area contributed by atoms with Crippen LogP contribution >= 0.6 is 0 Å². The van der Waals surface area contributed by atoms with Crippen LogP contribution in [-0.2, 0) is 6.54 Å². The van der Waals surface area contributed by atoms with E-state index in [9.17, 15) is 4.79 Å². The summed E-state index contributed by atoms with van der Waals surface area (Å²) in [5.74, 6) is 0.886. The van der Waals surface area contributed by atoms with Crippen LogP contribution in [0, 0.1) is 5.92 Å². The molecule has 0 bridgehead atoms. The quantitative estimate of drug-likeness (QED) is 0.915. The Morgan fingerprint density at radius 2 is 1.95 bits per heavy atom. The summed E-state index contributed by atoms with van der Waals surface area (Å²) in [6.07, 6.45) is 4.69. The van der Waals surface area contributed by atoms with E-state index in [4.69, 9.17) is 0 Å². The minimum absolute atomic E-state index is 0.0742. The maximum absolute atomic E-state index is 12.3. The Morgan fingerprint density at radius 1 is 1.25 bits per heavy atom. The fourth-order valence-corrected chi connectivity index (χ4v) is 2.85. The van der Waals surface area contributed by atoms with Gasteiger partial charge in [0.05, 0.1) is 0 Å². The van der Waals surface area contributed by atoms with E-state index in [0.29, 0.717) is 6.04 Å². The van der Waals surface area contributed by atoms with Gasteiger partial charge in [0, 0.05) is 18.2 Å². The predicted molar refractivity (Wildman–Crippen MR) is 82.7 cm³/mol. The van der Waals surface area contributed by atoms with Gasteiger partial charge in [0.15, 0.2) is 0 Å². The Kier molecular flexibility index (Phi) is 5.18. The van der Waals surface area contributed by atoms with E-state index in [1.54, 1.807) is 0 Å². The molecule has 0 spiro atoms. The van der Waals surface area contributed by atoms with Crippen molar-refractivity contribution in [3.63, 3.8) is 0 Å². The van der Waals surface area contributed by atoms with Gasteiger partial charge in [0.25, 0.3) is 5.91 Å². The predicted octanol–water partition coefficient (Wildman–Crippen LogP) is 3.06. The van der Waals surface area contributed by atoms with Gasteiger partial charge in [-0.2, -0.15) is 0 Å². The second kappa shape index (κ2) is 6.89. The number of rotatable bonds is 4. The highest BCUT2D eigenvalue weighted by Gasteiger charge is 2.20. The summed E-state index contributed by atoms with van der Waals surface area (Å²) in [5, 5.41) is 3.18. The van der Waals surface area contributed by atoms with E-state index < -0.39 is 0 Å². The number of nitrogens with zero attached hydrogens (tertiary/aromatic N) is 1. The summed E-state index contributed by atoms with van der Waals surface area (Å²) < 4.78 is 0. The molecule has 2 rings (SSSR count). The lowest BCUT2D eigenvalue weighted by atomic mass is 9.87. The number of benzene rings is 1. The molecule has 1 aliphatic carbocycles. The van der Waals surface area contributed by atoms with Gasteiger partial charge in [-0.1, -0.05) is 19.1 Å². The topological polar surface area (TPSA) is 32.3 Å². The third-order valence-electron chi connectivity index (χ3n) is 4.04. The standard InChI is InChI=1S/C17H26N2O/c1-13-7-9-16(10-8-13)18-17(20)15-6-4-5-14(11-15)12-19(2)3/h4-6,11,13,16H,7-10,12H2,1-3H3,(H,18,20). The van der Waals surface area contributed by atoms with E-state index in [-0.39, 0.29) is 5.91 Å². The minimum Gasteiger partial charge on any atom is -0.349 e. The highest BCUT2D eigenvalue weighted by atomic mass is 16.1. The first-order chi connectivity index (χ1) is 9.54. The molecule has 20 heavy (non-hydrogen) atoms. The van der Waals surface area contributed by atoms with Gasteiger partial charge in [0.2, 0.25) is 0 Å². The Balaban J connectivity index is 1.95. The number of nitrogens with one attached hydrogen (secondary N) is 1. The lowest BCUT2D eigenvalue weighted by molar-refractivity contribution is 0.0923. The van der Waals surface area contributed by atoms with Crippen molar-refractivity contribution in [1.82, 2.24) is 10.2 Å². The van der Waals surface area contributed by atoms with Gasteiger partial charge in [-0.25, -0.2) is 0 Å². The number of hydrogen-bond acceptors (Lipinski definition) is 2. The van der Waals surface area contributed by atoms with Crippen LogP contribution in [-0.4, -0.2) is 30.9 Å². The molecule has 3 nitrogen and oxygen atoms in total. The zero-order chi connectivity index (χ0) is 14.5. The van der Waals surface area contributed by atoms with Crippen molar-refractivity contribution in [3.8, 4) is 0 Å². The Labute approximate surface area is 122 Å². The Morgan fingerprint density at radius 3 is 2.60 bits per heavy atom. The number of hydrogen-bond donors (Lipinski definition) is 1. The lowest BCUT2D eigenvalue weighted by Crippen LogP contribution is -2.37. The number of carbonyl (C=O) groups excluding carboxylic acids is 1. The van der Waals surface area contributed by atoms with Crippen molar-refractivity contribution in [2.24, 2.45) is 5.92 Å². The molecular weight excluding hydrogens is 248 g/mol. The fourth-order valence-electron chi connectivity index (χ4n) is 2.85. The monoisotopic (exact) mass is 274 g/mol. The van der Waals surface area contributed by atoms with Gasteiger partial charge in [-0.05, 0) is 63.4 Å². The summed E-state index contributed by atoms with van der Waals surface area (Å²) in [7, 11) is 4.08. The van der Waals surface area contributed by atoms with E-state index in [1.165, 1.54) is 18.4 Å². The van der Waals surface area contributed by atoms with Crippen molar-refractivity contribution < 1.29 is 4.79 Å². The van der Waals surface area contributed by atoms with Crippen LogP contribution in [0.3, 0.4) is 0 Å². The molecule has 0 aromatic heterocycles. The molecule has 0 heterocycles. The molecule has 1 saturated carbocycles. The second-order valence-electron chi connectivity index (χ2n) is 6.37. The maximum Gasteiger partial charge on any atom is 0.251 e. The molecule has 1 aromatic carbocycles. The molecule has 1 aromatic rings. The maximum atomic E-state index is 12.3. The second-order valence-corrected chi connectivity index (χ2v) is 6.37. The summed E-state index contributed by atoms with van der Waals surface area (Å²) in [6, 6.07) is 8.30. The first-order valence-corrected chi connectivity index (χ1v) is 7.59. The minimum atomic E-state index is 0.0742. The van der Waals surface area contributed by atoms with E-state index in [0.717, 1.165) is 30.9 Å². The first kappa shape index (κ1) is 15.0. The molecule has 3 heteroatoms. The highest BCUT2D eigenvalue weighted by Crippen LogP contribution is 2.23. The number of carbonyl (C=O) groups is 1. The molecule has 1 aliphatic rings. The summed E-state index contributed by atoms with van der Waals surface area (Å²) in [5.41, 5.74) is 1.96. The fraction of sp³-hybridized carbons (Fsp3) is 0.588. The molecule has 0 aliphatic heterocycles. The molecule has 1 N–H and O–H groups in total. The molecule has 0 atom stereocenters. The SMILES string of the molecule is CC1CCC(NC(=O)c2cccc(CN(C)C)c2)CC1. The average Bonchev–Trinajstić information content (AvgIpc) is 2.41. The molecule has 0 saturated heterocycles. The lowest BCUT2D eigenvalue weighted by Gasteiger charge is -2.27. The normalized spacial score (nSPS) is 22.8. The number of amides is 1. The van der Waals surface area contributed by atoms with E-state index in [1.807, 2.05) is 32.3 Å². The van der Waals surface area contributed by atoms with Crippen LogP contribution in [0.2, 0.25) is 0 Å². The van der Waals surface area contributed by atoms with E-state index >= 15 is 0 Å². The molecule has 0 radical (unpaired) electrons. The summed E-state index contributed by atoms with van der Waals surface area (Å²) >= 11 is 0. The molecule has 110 valence electrons. The zero-order valence-electron chi connectivity index (χ0n) is 12.9. The Bertz CT molecular complexity index is 448. The van der Waals surface area contributed by atoms with Gasteiger partial charge in [-0.15, -0.1) is 0 Å². The Hall–Kier alpha value is -1.35. The molecule has 0 unspecified atom stereocenters. The highest BCUT2D eigenvalue weighted by molar-refractivity contribution is 5.94. The average molecular weight is 274 g/mol. The zero-order valence-corrected chi connectivity index (χ0v) is 12.9. The summed E-state index contributed by atoms with van der Waals surface area (Å²) in [6.45, 7) is 3.16. The molecule has 1 fully saturated rings. The smallest absolute Gasteiger partial charge is 0.251 e. The summed E-state index contributed by atoms with van der Waals surface area (Å²) in [4.78, 5) is 14.4. The largest absolute Gasteiger partial charge is 0.349 e. The van der Waals surface area contributed by atoms with Crippen molar-refractivity contribution in [2.45, 2.75) is 45.2 Å². The van der Waals surface area contributed by atoms with Crippen LogP contribution in [0.15, 0.2) is 24.3 Å². The first-order valence-electron chi connectivity index (χ1n) is 7.59. The van der Waals surface area contributed by atoms with Gasteiger partial charge in [0.1, 0.15) is 0 Å². The van der Waals surface area contributed by atoms with Crippen molar-refractivity contribution in [1.29, 1.82) is 0 Å². The third-order valence-corrected chi connectivity index (χ3v) is 4.04. The van der Waals surface area contributed by atoms with Gasteiger partial charge in [-0.3, -0.25) is 4.79 Å². The van der Waals surface area contributed by atoms with Crippen LogP contribution in [0.25, 0.3) is 0 Å².